The summed E-state index contributed by atoms with van der Waals surface area (Å²) in [7, 11) is 0. The molecule has 0 unspecified atom stereocenters. The van der Waals surface area contributed by atoms with Gasteiger partial charge in [0.05, 0.1) is 0 Å². The van der Waals surface area contributed by atoms with Gasteiger partial charge in [0.2, 0.25) is 0 Å². The number of halogens is 2. The molecular formula is C10H12F2N2. The Balaban J connectivity index is 2.02. The van der Waals surface area contributed by atoms with Gasteiger partial charge in [-0.15, -0.1) is 0 Å². The van der Waals surface area contributed by atoms with E-state index in [1.165, 1.54) is 12.1 Å². The van der Waals surface area contributed by atoms with E-state index >= 15 is 0 Å². The molecule has 76 valence electrons. The molecular weight excluding hydrogens is 186 g/mol. The van der Waals surface area contributed by atoms with Gasteiger partial charge < -0.3 is 11.1 Å². The third-order valence-corrected chi connectivity index (χ3v) is 2.41. The normalized spacial score (nSPS) is 25.6. The number of hydrogen-bond acceptors (Lipinski definition) is 2. The van der Waals surface area contributed by atoms with Crippen LogP contribution in [-0.4, -0.2) is 12.1 Å². The lowest BCUT2D eigenvalue weighted by molar-refractivity contribution is 0.373. The Morgan fingerprint density at radius 1 is 1.14 bits per heavy atom. The SMILES string of the molecule is NC1CC(Nc2cc(F)cc(F)c2)C1. The molecule has 0 atom stereocenters. The summed E-state index contributed by atoms with van der Waals surface area (Å²) in [6.45, 7) is 0. The van der Waals surface area contributed by atoms with Gasteiger partial charge in [-0.05, 0) is 25.0 Å². The molecule has 1 aliphatic rings. The lowest BCUT2D eigenvalue weighted by Gasteiger charge is -2.33. The van der Waals surface area contributed by atoms with Crippen molar-refractivity contribution in [2.75, 3.05) is 5.32 Å². The van der Waals surface area contributed by atoms with E-state index in [1.54, 1.807) is 0 Å². The van der Waals surface area contributed by atoms with Gasteiger partial charge >= 0.3 is 0 Å². The molecule has 1 aromatic carbocycles. The van der Waals surface area contributed by atoms with Crippen molar-refractivity contribution >= 4 is 5.69 Å². The van der Waals surface area contributed by atoms with Crippen LogP contribution in [0, 0.1) is 11.6 Å². The zero-order valence-electron chi connectivity index (χ0n) is 7.63. The van der Waals surface area contributed by atoms with Crippen molar-refractivity contribution in [2.45, 2.75) is 24.9 Å². The highest BCUT2D eigenvalue weighted by Crippen LogP contribution is 2.23. The highest BCUT2D eigenvalue weighted by molar-refractivity contribution is 5.45. The average Bonchev–Trinajstić information content (AvgIpc) is 1.99. The van der Waals surface area contributed by atoms with E-state index < -0.39 is 11.6 Å². The fourth-order valence-electron chi connectivity index (χ4n) is 1.65. The first kappa shape index (κ1) is 9.40. The van der Waals surface area contributed by atoms with E-state index in [0.29, 0.717) is 5.69 Å². The van der Waals surface area contributed by atoms with Crippen LogP contribution in [0.2, 0.25) is 0 Å². The van der Waals surface area contributed by atoms with Crippen molar-refractivity contribution in [2.24, 2.45) is 5.73 Å². The van der Waals surface area contributed by atoms with Crippen molar-refractivity contribution in [1.29, 1.82) is 0 Å². The van der Waals surface area contributed by atoms with Crippen LogP contribution < -0.4 is 11.1 Å². The maximum Gasteiger partial charge on any atom is 0.128 e. The van der Waals surface area contributed by atoms with Gasteiger partial charge in [-0.1, -0.05) is 0 Å². The number of nitrogens with one attached hydrogen (secondary N) is 1. The molecule has 2 rings (SSSR count). The van der Waals surface area contributed by atoms with Gasteiger partial charge in [0.15, 0.2) is 0 Å². The molecule has 14 heavy (non-hydrogen) atoms. The molecule has 0 heterocycles. The van der Waals surface area contributed by atoms with Gasteiger partial charge in [0.1, 0.15) is 11.6 Å². The number of hydrogen-bond donors (Lipinski definition) is 2. The molecule has 2 nitrogen and oxygen atoms in total. The van der Waals surface area contributed by atoms with Crippen molar-refractivity contribution < 1.29 is 8.78 Å². The second-order valence-electron chi connectivity index (χ2n) is 3.73. The standard InChI is InChI=1S/C10H12F2N2/c11-6-1-7(12)3-9(2-6)14-10-4-8(13)5-10/h1-3,8,10,14H,4-5,13H2. The first-order chi connectivity index (χ1) is 6.63. The summed E-state index contributed by atoms with van der Waals surface area (Å²) in [5, 5.41) is 3.03. The van der Waals surface area contributed by atoms with Gasteiger partial charge in [0.25, 0.3) is 0 Å². The van der Waals surface area contributed by atoms with Crippen LogP contribution >= 0.6 is 0 Å². The summed E-state index contributed by atoms with van der Waals surface area (Å²) in [6.07, 6.45) is 1.72. The zero-order valence-corrected chi connectivity index (χ0v) is 7.63. The van der Waals surface area contributed by atoms with Crippen LogP contribution in [0.4, 0.5) is 14.5 Å². The van der Waals surface area contributed by atoms with E-state index in [9.17, 15) is 8.78 Å². The van der Waals surface area contributed by atoms with Crippen LogP contribution in [0.15, 0.2) is 18.2 Å². The number of rotatable bonds is 2. The van der Waals surface area contributed by atoms with Crippen molar-refractivity contribution in [1.82, 2.24) is 0 Å². The summed E-state index contributed by atoms with van der Waals surface area (Å²) >= 11 is 0. The molecule has 0 saturated heterocycles. The summed E-state index contributed by atoms with van der Waals surface area (Å²) in [6, 6.07) is 3.91. The molecule has 1 aliphatic carbocycles. The molecule has 0 amide bonds. The summed E-state index contributed by atoms with van der Waals surface area (Å²) < 4.78 is 25.5. The highest BCUT2D eigenvalue weighted by Gasteiger charge is 2.25. The Hall–Kier alpha value is -1.16. The minimum absolute atomic E-state index is 0.228. The highest BCUT2D eigenvalue weighted by atomic mass is 19.1. The summed E-state index contributed by atoms with van der Waals surface area (Å²) in [5.74, 6) is -1.12. The molecule has 3 N–H and O–H groups in total. The van der Waals surface area contributed by atoms with Gasteiger partial charge in [-0.2, -0.15) is 0 Å². The Morgan fingerprint density at radius 2 is 1.71 bits per heavy atom. The second-order valence-corrected chi connectivity index (χ2v) is 3.73. The molecule has 0 aromatic heterocycles. The molecule has 0 spiro atoms. The molecule has 1 fully saturated rings. The minimum atomic E-state index is -0.559. The fraction of sp³-hybridized carbons (Fsp3) is 0.400. The number of benzene rings is 1. The van der Waals surface area contributed by atoms with E-state index in [-0.39, 0.29) is 12.1 Å². The van der Waals surface area contributed by atoms with Crippen molar-refractivity contribution in [3.8, 4) is 0 Å². The van der Waals surface area contributed by atoms with Gasteiger partial charge in [-0.3, -0.25) is 0 Å². The quantitative estimate of drug-likeness (QED) is 0.761. The van der Waals surface area contributed by atoms with Crippen LogP contribution in [0.1, 0.15) is 12.8 Å². The van der Waals surface area contributed by atoms with Crippen molar-refractivity contribution in [3.63, 3.8) is 0 Å². The van der Waals surface area contributed by atoms with Gasteiger partial charge in [-0.25, -0.2) is 8.78 Å². The van der Waals surface area contributed by atoms with E-state index in [0.717, 1.165) is 18.9 Å². The average molecular weight is 198 g/mol. The van der Waals surface area contributed by atoms with E-state index in [4.69, 9.17) is 5.73 Å². The Kier molecular flexibility index (Phi) is 2.37. The minimum Gasteiger partial charge on any atom is -0.382 e. The predicted octanol–water partition coefficient (Wildman–Crippen LogP) is 1.87. The Morgan fingerprint density at radius 3 is 2.21 bits per heavy atom. The van der Waals surface area contributed by atoms with Crippen LogP contribution in [0.3, 0.4) is 0 Å². The first-order valence-corrected chi connectivity index (χ1v) is 4.62. The maximum absolute atomic E-state index is 12.8. The summed E-state index contributed by atoms with van der Waals surface area (Å²) in [4.78, 5) is 0. The maximum atomic E-state index is 12.8. The van der Waals surface area contributed by atoms with E-state index in [2.05, 4.69) is 5.32 Å². The monoisotopic (exact) mass is 198 g/mol. The number of anilines is 1. The van der Waals surface area contributed by atoms with E-state index in [1.807, 2.05) is 0 Å². The van der Waals surface area contributed by atoms with Crippen LogP contribution in [0.5, 0.6) is 0 Å². The molecule has 1 saturated carbocycles. The predicted molar refractivity (Wildman–Crippen MR) is 51.0 cm³/mol. The lowest BCUT2D eigenvalue weighted by atomic mass is 9.87. The molecule has 1 aromatic rings. The Bertz CT molecular complexity index is 315. The fourth-order valence-corrected chi connectivity index (χ4v) is 1.65. The van der Waals surface area contributed by atoms with Crippen LogP contribution in [-0.2, 0) is 0 Å². The summed E-state index contributed by atoms with van der Waals surface area (Å²) in [5.41, 5.74) is 6.08. The molecule has 0 radical (unpaired) electrons. The number of nitrogens with two attached hydrogens (primary N) is 1. The third-order valence-electron chi connectivity index (χ3n) is 2.41. The second kappa shape index (κ2) is 3.53. The van der Waals surface area contributed by atoms with Crippen LogP contribution in [0.25, 0.3) is 0 Å². The first-order valence-electron chi connectivity index (χ1n) is 4.62. The molecule has 0 bridgehead atoms. The zero-order chi connectivity index (χ0) is 10.1. The lowest BCUT2D eigenvalue weighted by Crippen LogP contribution is -2.44. The smallest absolute Gasteiger partial charge is 0.128 e. The van der Waals surface area contributed by atoms with Gasteiger partial charge in [0, 0.05) is 23.8 Å². The molecule has 4 heteroatoms. The molecule has 0 aliphatic heterocycles. The van der Waals surface area contributed by atoms with Crippen molar-refractivity contribution in [3.05, 3.63) is 29.8 Å². The Labute approximate surface area is 81.1 Å². The topological polar surface area (TPSA) is 38.0 Å². The third kappa shape index (κ3) is 2.01. The largest absolute Gasteiger partial charge is 0.382 e.